The van der Waals surface area contributed by atoms with Gasteiger partial charge in [-0.3, -0.25) is 4.90 Å². The summed E-state index contributed by atoms with van der Waals surface area (Å²) in [5, 5.41) is 6.59. The number of nitrogens with zero attached hydrogens (tertiary/aromatic N) is 2. The van der Waals surface area contributed by atoms with E-state index >= 15 is 0 Å². The maximum atomic E-state index is 12.3. The molecule has 2 aliphatic heterocycles. The second-order valence-electron chi connectivity index (χ2n) is 8.17. The summed E-state index contributed by atoms with van der Waals surface area (Å²) in [5.74, 6) is 0.680. The van der Waals surface area contributed by atoms with E-state index in [1.165, 1.54) is 6.42 Å². The molecule has 1 saturated heterocycles. The molecule has 2 amide bonds. The van der Waals surface area contributed by atoms with Gasteiger partial charge in [0.05, 0.1) is 28.9 Å². The van der Waals surface area contributed by atoms with E-state index < -0.39 is 5.54 Å². The second-order valence-corrected chi connectivity index (χ2v) is 8.57. The van der Waals surface area contributed by atoms with Crippen molar-refractivity contribution in [1.29, 1.82) is 0 Å². The van der Waals surface area contributed by atoms with E-state index in [2.05, 4.69) is 15.5 Å². The third-order valence-electron chi connectivity index (χ3n) is 6.38. The standard InChI is InChI=1S/C20H25ClN4O3/c1-27-12-5-8-25(10-12)11-15-22-14-9-13(21)17-16(18(14)28-15)20(24-19(26)23-17)6-3-2-4-7-20/h9,12H,2-8,10-11H2,1H3,(H2,23,24,26)/t12-/m0/s1. The number of aromatic nitrogens is 1. The number of urea groups is 1. The van der Waals surface area contributed by atoms with Crippen molar-refractivity contribution in [2.45, 2.75) is 56.7 Å². The fourth-order valence-corrected chi connectivity index (χ4v) is 5.25. The Hall–Kier alpha value is -1.83. The number of amides is 2. The van der Waals surface area contributed by atoms with Gasteiger partial charge in [-0.25, -0.2) is 9.78 Å². The van der Waals surface area contributed by atoms with Crippen LogP contribution in [0.1, 0.15) is 50.0 Å². The first-order chi connectivity index (χ1) is 13.6. The van der Waals surface area contributed by atoms with Crippen LogP contribution in [0.3, 0.4) is 0 Å². The van der Waals surface area contributed by atoms with Gasteiger partial charge < -0.3 is 19.8 Å². The van der Waals surface area contributed by atoms with Crippen LogP contribution in [0.5, 0.6) is 0 Å². The molecule has 2 fully saturated rings. The largest absolute Gasteiger partial charge is 0.439 e. The number of anilines is 1. The number of hydrogen-bond donors (Lipinski definition) is 2. The summed E-state index contributed by atoms with van der Waals surface area (Å²) in [6, 6.07) is 1.60. The minimum Gasteiger partial charge on any atom is -0.439 e. The van der Waals surface area contributed by atoms with E-state index in [9.17, 15) is 4.79 Å². The quantitative estimate of drug-likeness (QED) is 0.808. The van der Waals surface area contributed by atoms with E-state index in [0.717, 1.165) is 61.9 Å². The lowest BCUT2D eigenvalue weighted by Crippen LogP contribution is -2.52. The first-order valence-electron chi connectivity index (χ1n) is 10.0. The first kappa shape index (κ1) is 18.2. The average Bonchev–Trinajstić information content (AvgIpc) is 3.29. The number of nitrogens with one attached hydrogen (secondary N) is 2. The van der Waals surface area contributed by atoms with E-state index in [0.29, 0.717) is 23.1 Å². The molecule has 0 bridgehead atoms. The molecule has 5 rings (SSSR count). The number of methoxy groups -OCH3 is 1. The predicted octanol–water partition coefficient (Wildman–Crippen LogP) is 4.00. The molecular weight excluding hydrogens is 380 g/mol. The Labute approximate surface area is 168 Å². The molecule has 150 valence electrons. The number of fused-ring (bicyclic) bond motifs is 4. The lowest BCUT2D eigenvalue weighted by atomic mass is 9.74. The number of carbonyl (C=O) groups excluding carboxylic acids is 1. The fraction of sp³-hybridized carbons (Fsp3) is 0.600. The topological polar surface area (TPSA) is 79.6 Å². The summed E-state index contributed by atoms with van der Waals surface area (Å²) in [6.45, 7) is 2.50. The highest BCUT2D eigenvalue weighted by atomic mass is 35.5. The van der Waals surface area contributed by atoms with Gasteiger partial charge in [0.15, 0.2) is 5.58 Å². The lowest BCUT2D eigenvalue weighted by Gasteiger charge is -2.42. The Kier molecular flexibility index (Phi) is 4.49. The molecule has 3 aliphatic rings. The molecule has 1 spiro atoms. The predicted molar refractivity (Wildman–Crippen MR) is 107 cm³/mol. The summed E-state index contributed by atoms with van der Waals surface area (Å²) in [7, 11) is 1.76. The van der Waals surface area contributed by atoms with Gasteiger partial charge in [-0.05, 0) is 25.3 Å². The SMILES string of the molecule is CO[C@H]1CCN(Cc2nc3cc(Cl)c4c(c3o2)C2(CCCCC2)NC(=O)N4)C1. The number of carbonyl (C=O) groups is 1. The van der Waals surface area contributed by atoms with Crippen LogP contribution >= 0.6 is 11.6 Å². The molecule has 0 radical (unpaired) electrons. The first-order valence-corrected chi connectivity index (χ1v) is 10.4. The van der Waals surface area contributed by atoms with Crippen molar-refractivity contribution < 1.29 is 13.9 Å². The van der Waals surface area contributed by atoms with Crippen molar-refractivity contribution in [1.82, 2.24) is 15.2 Å². The van der Waals surface area contributed by atoms with Gasteiger partial charge in [-0.2, -0.15) is 0 Å². The highest BCUT2D eigenvalue weighted by Gasteiger charge is 2.44. The van der Waals surface area contributed by atoms with E-state index in [4.69, 9.17) is 25.7 Å². The van der Waals surface area contributed by atoms with Crippen LogP contribution in [0.25, 0.3) is 11.1 Å². The van der Waals surface area contributed by atoms with Crippen molar-refractivity contribution in [3.8, 4) is 0 Å². The zero-order valence-electron chi connectivity index (χ0n) is 16.0. The van der Waals surface area contributed by atoms with Crippen molar-refractivity contribution in [3.63, 3.8) is 0 Å². The Balaban J connectivity index is 1.56. The minimum atomic E-state index is -0.426. The third kappa shape index (κ3) is 2.96. The van der Waals surface area contributed by atoms with Crippen LogP contribution < -0.4 is 10.6 Å². The van der Waals surface area contributed by atoms with E-state index in [-0.39, 0.29) is 12.1 Å². The molecule has 0 unspecified atom stereocenters. The number of halogens is 1. The molecule has 2 N–H and O–H groups in total. The number of hydrogen-bond acceptors (Lipinski definition) is 5. The average molecular weight is 405 g/mol. The van der Waals surface area contributed by atoms with Gasteiger partial charge in [-0.1, -0.05) is 30.9 Å². The van der Waals surface area contributed by atoms with Crippen molar-refractivity contribution in [2.75, 3.05) is 25.5 Å². The van der Waals surface area contributed by atoms with Crippen molar-refractivity contribution in [2.24, 2.45) is 0 Å². The van der Waals surface area contributed by atoms with Gasteiger partial charge in [0.25, 0.3) is 0 Å². The minimum absolute atomic E-state index is 0.196. The fourth-order valence-electron chi connectivity index (χ4n) is 5.01. The number of benzene rings is 1. The zero-order valence-corrected chi connectivity index (χ0v) is 16.8. The molecule has 8 heteroatoms. The molecule has 1 aromatic heterocycles. The Bertz CT molecular complexity index is 922. The number of likely N-dealkylation sites (tertiary alicyclic amines) is 1. The zero-order chi connectivity index (χ0) is 19.3. The highest BCUT2D eigenvalue weighted by molar-refractivity contribution is 6.35. The summed E-state index contributed by atoms with van der Waals surface area (Å²) >= 11 is 6.56. The second kappa shape index (κ2) is 6.90. The molecule has 3 heterocycles. The molecule has 28 heavy (non-hydrogen) atoms. The lowest BCUT2D eigenvalue weighted by molar-refractivity contribution is 0.106. The van der Waals surface area contributed by atoms with Crippen molar-refractivity contribution in [3.05, 3.63) is 22.5 Å². The highest BCUT2D eigenvalue weighted by Crippen LogP contribution is 2.48. The van der Waals surface area contributed by atoms with Crippen LogP contribution in [0, 0.1) is 0 Å². The van der Waals surface area contributed by atoms with Crippen molar-refractivity contribution >= 4 is 34.4 Å². The normalized spacial score (nSPS) is 24.4. The van der Waals surface area contributed by atoms with Crippen LogP contribution in [-0.4, -0.2) is 42.2 Å². The van der Waals surface area contributed by atoms with Crippen LogP contribution in [-0.2, 0) is 16.8 Å². The molecule has 2 aromatic rings. The van der Waals surface area contributed by atoms with E-state index in [1.807, 2.05) is 0 Å². The van der Waals surface area contributed by atoms with Crippen LogP contribution in [0.15, 0.2) is 10.5 Å². The van der Waals surface area contributed by atoms with Gasteiger partial charge in [0, 0.05) is 25.8 Å². The van der Waals surface area contributed by atoms with Crippen LogP contribution in [0.2, 0.25) is 5.02 Å². The number of oxazole rings is 1. The Morgan fingerprint density at radius 1 is 1.39 bits per heavy atom. The maximum Gasteiger partial charge on any atom is 0.319 e. The summed E-state index contributed by atoms with van der Waals surface area (Å²) in [5.41, 5.74) is 2.70. The molecule has 1 aromatic carbocycles. The van der Waals surface area contributed by atoms with Crippen LogP contribution in [0.4, 0.5) is 10.5 Å². The Morgan fingerprint density at radius 2 is 2.21 bits per heavy atom. The summed E-state index contributed by atoms with van der Waals surface area (Å²) in [4.78, 5) is 19.4. The van der Waals surface area contributed by atoms with Gasteiger partial charge >= 0.3 is 6.03 Å². The molecule has 1 saturated carbocycles. The number of ether oxygens (including phenoxy) is 1. The molecule has 7 nitrogen and oxygen atoms in total. The summed E-state index contributed by atoms with van der Waals surface area (Å²) in [6.07, 6.45) is 6.40. The van der Waals surface area contributed by atoms with Gasteiger partial charge in [0.2, 0.25) is 5.89 Å². The smallest absolute Gasteiger partial charge is 0.319 e. The monoisotopic (exact) mass is 404 g/mol. The van der Waals surface area contributed by atoms with Gasteiger partial charge in [0.1, 0.15) is 5.52 Å². The summed E-state index contributed by atoms with van der Waals surface area (Å²) < 4.78 is 11.7. The molecule has 1 aliphatic carbocycles. The Morgan fingerprint density at radius 3 is 2.96 bits per heavy atom. The van der Waals surface area contributed by atoms with Gasteiger partial charge in [-0.15, -0.1) is 0 Å². The maximum absolute atomic E-state index is 12.3. The molecule has 1 atom stereocenters. The molecular formula is C20H25ClN4O3. The number of rotatable bonds is 3. The third-order valence-corrected chi connectivity index (χ3v) is 6.67. The van der Waals surface area contributed by atoms with E-state index in [1.54, 1.807) is 13.2 Å².